The number of rotatable bonds is 4. The molecular formula is C16H21N3O2. The molecule has 1 aliphatic heterocycles. The second kappa shape index (κ2) is 6.26. The zero-order valence-electron chi connectivity index (χ0n) is 12.1. The van der Waals surface area contributed by atoms with Gasteiger partial charge >= 0.3 is 0 Å². The molecule has 1 heterocycles. The maximum absolute atomic E-state index is 11.9. The van der Waals surface area contributed by atoms with Gasteiger partial charge in [0.1, 0.15) is 0 Å². The highest BCUT2D eigenvalue weighted by Crippen LogP contribution is 2.25. The van der Waals surface area contributed by atoms with Crippen molar-refractivity contribution in [3.8, 4) is 0 Å². The van der Waals surface area contributed by atoms with Crippen molar-refractivity contribution in [1.29, 1.82) is 0 Å². The molecule has 3 N–H and O–H groups in total. The molecule has 21 heavy (non-hydrogen) atoms. The van der Waals surface area contributed by atoms with Gasteiger partial charge in [0.05, 0.1) is 6.54 Å². The third-order valence-corrected chi connectivity index (χ3v) is 4.19. The van der Waals surface area contributed by atoms with Crippen LogP contribution in [0.15, 0.2) is 18.2 Å². The van der Waals surface area contributed by atoms with Crippen molar-refractivity contribution in [2.45, 2.75) is 44.6 Å². The Hall–Kier alpha value is -1.88. The van der Waals surface area contributed by atoms with Gasteiger partial charge in [-0.05, 0) is 43.0 Å². The molecular weight excluding hydrogens is 266 g/mol. The monoisotopic (exact) mass is 287 g/mol. The topological polar surface area (TPSA) is 70.2 Å². The minimum absolute atomic E-state index is 0.0123. The van der Waals surface area contributed by atoms with E-state index < -0.39 is 0 Å². The Labute approximate surface area is 124 Å². The van der Waals surface area contributed by atoms with Crippen LogP contribution in [-0.2, 0) is 16.0 Å². The SMILES string of the molecule is O=C(CNC1CCCC1)Nc1ccc2c(c1)CCC(=O)N2. The first-order chi connectivity index (χ1) is 10.2. The van der Waals surface area contributed by atoms with E-state index in [-0.39, 0.29) is 11.8 Å². The van der Waals surface area contributed by atoms with Crippen LogP contribution in [0.25, 0.3) is 0 Å². The van der Waals surface area contributed by atoms with E-state index in [0.29, 0.717) is 19.0 Å². The van der Waals surface area contributed by atoms with Gasteiger partial charge in [0.25, 0.3) is 0 Å². The standard InChI is InChI=1S/C16H21N3O2/c20-15-8-5-11-9-13(6-7-14(11)19-15)18-16(21)10-17-12-3-1-2-4-12/h6-7,9,12,17H,1-5,8,10H2,(H,18,21)(H,19,20). The number of carbonyl (C=O) groups is 2. The number of nitrogens with one attached hydrogen (secondary N) is 3. The summed E-state index contributed by atoms with van der Waals surface area (Å²) in [6.45, 7) is 0.360. The lowest BCUT2D eigenvalue weighted by Gasteiger charge is -2.18. The third kappa shape index (κ3) is 3.61. The predicted molar refractivity (Wildman–Crippen MR) is 82.3 cm³/mol. The Morgan fingerprint density at radius 1 is 1.24 bits per heavy atom. The number of aryl methyl sites for hydroxylation is 1. The zero-order valence-corrected chi connectivity index (χ0v) is 12.1. The van der Waals surface area contributed by atoms with E-state index in [2.05, 4.69) is 16.0 Å². The third-order valence-electron chi connectivity index (χ3n) is 4.19. The molecule has 1 saturated carbocycles. The van der Waals surface area contributed by atoms with Crippen molar-refractivity contribution in [2.24, 2.45) is 0 Å². The Balaban J connectivity index is 1.54. The van der Waals surface area contributed by atoms with E-state index in [1.807, 2.05) is 18.2 Å². The fourth-order valence-electron chi connectivity index (χ4n) is 3.03. The van der Waals surface area contributed by atoms with E-state index in [9.17, 15) is 9.59 Å². The lowest BCUT2D eigenvalue weighted by Crippen LogP contribution is -2.34. The molecule has 1 aromatic rings. The Morgan fingerprint density at radius 3 is 2.86 bits per heavy atom. The van der Waals surface area contributed by atoms with E-state index in [1.54, 1.807) is 0 Å². The number of hydrogen-bond acceptors (Lipinski definition) is 3. The van der Waals surface area contributed by atoms with Gasteiger partial charge in [0.15, 0.2) is 0 Å². The van der Waals surface area contributed by atoms with Crippen molar-refractivity contribution < 1.29 is 9.59 Å². The van der Waals surface area contributed by atoms with Crippen molar-refractivity contribution in [3.63, 3.8) is 0 Å². The zero-order chi connectivity index (χ0) is 14.7. The molecule has 1 aromatic carbocycles. The molecule has 0 aromatic heterocycles. The predicted octanol–water partition coefficient (Wildman–Crippen LogP) is 2.04. The van der Waals surface area contributed by atoms with Gasteiger partial charge in [-0.3, -0.25) is 9.59 Å². The molecule has 5 nitrogen and oxygen atoms in total. The summed E-state index contributed by atoms with van der Waals surface area (Å²) in [5, 5.41) is 9.05. The van der Waals surface area contributed by atoms with Crippen LogP contribution in [-0.4, -0.2) is 24.4 Å². The number of benzene rings is 1. The smallest absolute Gasteiger partial charge is 0.238 e. The maximum atomic E-state index is 11.9. The summed E-state index contributed by atoms with van der Waals surface area (Å²) in [6.07, 6.45) is 6.10. The van der Waals surface area contributed by atoms with E-state index in [4.69, 9.17) is 0 Å². The summed E-state index contributed by atoms with van der Waals surface area (Å²) in [6, 6.07) is 6.13. The van der Waals surface area contributed by atoms with Crippen molar-refractivity contribution in [2.75, 3.05) is 17.2 Å². The van der Waals surface area contributed by atoms with Gasteiger partial charge in [-0.1, -0.05) is 12.8 Å². The molecule has 2 amide bonds. The Kier molecular flexibility index (Phi) is 4.20. The number of fused-ring (bicyclic) bond motifs is 1. The Bertz CT molecular complexity index is 550. The minimum atomic E-state index is -0.0123. The van der Waals surface area contributed by atoms with Crippen LogP contribution < -0.4 is 16.0 Å². The molecule has 0 spiro atoms. The lowest BCUT2D eigenvalue weighted by atomic mass is 10.0. The fraction of sp³-hybridized carbons (Fsp3) is 0.500. The largest absolute Gasteiger partial charge is 0.326 e. The van der Waals surface area contributed by atoms with Gasteiger partial charge in [0, 0.05) is 23.8 Å². The molecule has 0 radical (unpaired) electrons. The maximum Gasteiger partial charge on any atom is 0.238 e. The molecule has 0 bridgehead atoms. The molecule has 0 unspecified atom stereocenters. The van der Waals surface area contributed by atoms with E-state index in [0.717, 1.165) is 23.4 Å². The van der Waals surface area contributed by atoms with Crippen LogP contribution in [0.1, 0.15) is 37.7 Å². The molecule has 0 atom stereocenters. The highest BCUT2D eigenvalue weighted by Gasteiger charge is 2.17. The normalized spacial score (nSPS) is 18.2. The second-order valence-corrected chi connectivity index (χ2v) is 5.83. The summed E-state index contributed by atoms with van der Waals surface area (Å²) in [4.78, 5) is 23.3. The number of carbonyl (C=O) groups excluding carboxylic acids is 2. The van der Waals surface area contributed by atoms with Crippen LogP contribution in [0.4, 0.5) is 11.4 Å². The van der Waals surface area contributed by atoms with Gasteiger partial charge in [0.2, 0.25) is 11.8 Å². The summed E-state index contributed by atoms with van der Waals surface area (Å²) in [5.74, 6) is 0.0433. The average molecular weight is 287 g/mol. The van der Waals surface area contributed by atoms with Crippen molar-refractivity contribution in [3.05, 3.63) is 23.8 Å². The van der Waals surface area contributed by atoms with Crippen molar-refractivity contribution >= 4 is 23.2 Å². The molecule has 112 valence electrons. The lowest BCUT2D eigenvalue weighted by molar-refractivity contribution is -0.116. The second-order valence-electron chi connectivity index (χ2n) is 5.83. The summed E-state index contributed by atoms with van der Waals surface area (Å²) >= 11 is 0. The highest BCUT2D eigenvalue weighted by atomic mass is 16.2. The van der Waals surface area contributed by atoms with Gasteiger partial charge in [-0.15, -0.1) is 0 Å². The van der Waals surface area contributed by atoms with Crippen molar-refractivity contribution in [1.82, 2.24) is 5.32 Å². The first-order valence-corrected chi connectivity index (χ1v) is 7.67. The average Bonchev–Trinajstić information content (AvgIpc) is 2.99. The highest BCUT2D eigenvalue weighted by molar-refractivity contribution is 5.96. The van der Waals surface area contributed by atoms with Gasteiger partial charge in [-0.25, -0.2) is 0 Å². The first-order valence-electron chi connectivity index (χ1n) is 7.67. The van der Waals surface area contributed by atoms with Gasteiger partial charge in [-0.2, -0.15) is 0 Å². The summed E-state index contributed by atoms with van der Waals surface area (Å²) in [5.41, 5.74) is 2.73. The number of hydrogen-bond donors (Lipinski definition) is 3. The van der Waals surface area contributed by atoms with Crippen LogP contribution >= 0.6 is 0 Å². The number of anilines is 2. The molecule has 5 heteroatoms. The molecule has 0 saturated heterocycles. The number of amides is 2. The molecule has 1 aliphatic carbocycles. The van der Waals surface area contributed by atoms with Gasteiger partial charge < -0.3 is 16.0 Å². The van der Waals surface area contributed by atoms with Crippen LogP contribution in [0, 0.1) is 0 Å². The molecule has 2 aliphatic rings. The molecule has 1 fully saturated rings. The molecule has 3 rings (SSSR count). The minimum Gasteiger partial charge on any atom is -0.326 e. The van der Waals surface area contributed by atoms with Crippen LogP contribution in [0.2, 0.25) is 0 Å². The van der Waals surface area contributed by atoms with Crippen LogP contribution in [0.5, 0.6) is 0 Å². The van der Waals surface area contributed by atoms with E-state index in [1.165, 1.54) is 25.7 Å². The quantitative estimate of drug-likeness (QED) is 0.793. The summed E-state index contributed by atoms with van der Waals surface area (Å²) in [7, 11) is 0. The first kappa shape index (κ1) is 14.1. The Morgan fingerprint density at radius 2 is 2.05 bits per heavy atom. The fourth-order valence-corrected chi connectivity index (χ4v) is 3.03. The summed E-state index contributed by atoms with van der Waals surface area (Å²) < 4.78 is 0. The van der Waals surface area contributed by atoms with Crippen LogP contribution in [0.3, 0.4) is 0 Å². The van der Waals surface area contributed by atoms with E-state index >= 15 is 0 Å².